The van der Waals surface area contributed by atoms with Gasteiger partial charge in [-0.05, 0) is 28.8 Å². The second-order valence-corrected chi connectivity index (χ2v) is 8.02. The maximum Gasteiger partial charge on any atom is 0.0240 e. The van der Waals surface area contributed by atoms with E-state index in [1.807, 2.05) is 11.8 Å². The molecule has 1 N–H and O–H groups in total. The molecule has 2 aromatic carbocycles. The molecule has 1 saturated heterocycles. The highest BCUT2D eigenvalue weighted by Gasteiger charge is 2.12. The Morgan fingerprint density at radius 3 is 2.39 bits per heavy atom. The summed E-state index contributed by atoms with van der Waals surface area (Å²) in [4.78, 5) is 3.89. The molecule has 1 aliphatic rings. The number of nitrogens with one attached hydrogen (secondary N) is 1. The minimum Gasteiger partial charge on any atom is -0.314 e. The topological polar surface area (TPSA) is 15.3 Å². The summed E-state index contributed by atoms with van der Waals surface area (Å²) in [7, 11) is 0. The van der Waals surface area contributed by atoms with Crippen molar-refractivity contribution in [3.05, 3.63) is 54.1 Å². The number of hydrogen-bond donors (Lipinski definition) is 1. The first kappa shape index (κ1) is 16.6. The zero-order chi connectivity index (χ0) is 16.1. The largest absolute Gasteiger partial charge is 0.314 e. The van der Waals surface area contributed by atoms with Gasteiger partial charge in [-0.1, -0.05) is 50.2 Å². The van der Waals surface area contributed by atoms with Crippen LogP contribution in [0.1, 0.15) is 19.4 Å². The Balaban J connectivity index is 1.79. The molecule has 2 nitrogen and oxygen atoms in total. The first-order chi connectivity index (χ1) is 11.2. The van der Waals surface area contributed by atoms with E-state index in [9.17, 15) is 0 Å². The first-order valence-corrected chi connectivity index (χ1v) is 9.38. The lowest BCUT2D eigenvalue weighted by molar-refractivity contribution is 0.233. The molecule has 23 heavy (non-hydrogen) atoms. The second kappa shape index (κ2) is 8.00. The van der Waals surface area contributed by atoms with E-state index in [2.05, 4.69) is 72.6 Å². The lowest BCUT2D eigenvalue weighted by Gasteiger charge is -2.28. The summed E-state index contributed by atoms with van der Waals surface area (Å²) in [6.45, 7) is 9.99. The lowest BCUT2D eigenvalue weighted by Crippen LogP contribution is -2.42. The molecular weight excluding hydrogens is 300 g/mol. The monoisotopic (exact) mass is 326 g/mol. The molecule has 2 aromatic rings. The van der Waals surface area contributed by atoms with Gasteiger partial charge in [0.25, 0.3) is 0 Å². The smallest absolute Gasteiger partial charge is 0.0240 e. The molecule has 3 rings (SSSR count). The van der Waals surface area contributed by atoms with Gasteiger partial charge in [-0.3, -0.25) is 4.90 Å². The van der Waals surface area contributed by atoms with E-state index in [0.717, 1.165) is 32.7 Å². The maximum absolute atomic E-state index is 3.42. The molecule has 0 bridgehead atoms. The van der Waals surface area contributed by atoms with Crippen molar-refractivity contribution < 1.29 is 0 Å². The van der Waals surface area contributed by atoms with Gasteiger partial charge in [-0.15, -0.1) is 11.8 Å². The molecular formula is C20H26N2S. The molecule has 1 heterocycles. The van der Waals surface area contributed by atoms with E-state index < -0.39 is 0 Å². The average molecular weight is 327 g/mol. The summed E-state index contributed by atoms with van der Waals surface area (Å²) in [6, 6.07) is 17.9. The van der Waals surface area contributed by atoms with Crippen molar-refractivity contribution in [2.24, 2.45) is 0 Å². The predicted molar refractivity (Wildman–Crippen MR) is 101 cm³/mol. The molecule has 3 heteroatoms. The van der Waals surface area contributed by atoms with Crippen LogP contribution in [0.3, 0.4) is 0 Å². The minimum atomic E-state index is 0.626. The van der Waals surface area contributed by atoms with Crippen molar-refractivity contribution in [1.29, 1.82) is 0 Å². The number of hydrogen-bond acceptors (Lipinski definition) is 3. The summed E-state index contributed by atoms with van der Waals surface area (Å²) >= 11 is 1.92. The number of piperazine rings is 1. The predicted octanol–water partition coefficient (Wildman–Crippen LogP) is 4.26. The SMILES string of the molecule is CC(C)Sc1ccc(-c2ccccc2CN2CCNCC2)cc1. The quantitative estimate of drug-likeness (QED) is 0.827. The van der Waals surface area contributed by atoms with Crippen LogP contribution in [0.15, 0.2) is 53.4 Å². The Morgan fingerprint density at radius 2 is 1.70 bits per heavy atom. The number of thioether (sulfide) groups is 1. The Bertz CT molecular complexity index is 616. The van der Waals surface area contributed by atoms with Crippen LogP contribution in [0.2, 0.25) is 0 Å². The maximum atomic E-state index is 3.42. The molecule has 1 fully saturated rings. The molecule has 0 atom stereocenters. The molecule has 0 aromatic heterocycles. The third-order valence-electron chi connectivity index (χ3n) is 4.16. The highest BCUT2D eigenvalue weighted by molar-refractivity contribution is 7.99. The van der Waals surface area contributed by atoms with E-state index in [1.165, 1.54) is 21.6 Å². The van der Waals surface area contributed by atoms with Crippen LogP contribution in [0.4, 0.5) is 0 Å². The normalized spacial score (nSPS) is 16.0. The van der Waals surface area contributed by atoms with Crippen molar-refractivity contribution in [3.8, 4) is 11.1 Å². The number of nitrogens with zero attached hydrogens (tertiary/aromatic N) is 1. The van der Waals surface area contributed by atoms with Gasteiger partial charge in [-0.25, -0.2) is 0 Å². The van der Waals surface area contributed by atoms with Crippen LogP contribution in [0, 0.1) is 0 Å². The van der Waals surface area contributed by atoms with Crippen molar-refractivity contribution in [1.82, 2.24) is 10.2 Å². The fraction of sp³-hybridized carbons (Fsp3) is 0.400. The van der Waals surface area contributed by atoms with Crippen LogP contribution < -0.4 is 5.32 Å². The van der Waals surface area contributed by atoms with E-state index in [4.69, 9.17) is 0 Å². The fourth-order valence-electron chi connectivity index (χ4n) is 3.04. The summed E-state index contributed by atoms with van der Waals surface area (Å²) in [5.41, 5.74) is 4.12. The van der Waals surface area contributed by atoms with Gasteiger partial charge >= 0.3 is 0 Å². The van der Waals surface area contributed by atoms with Gasteiger partial charge in [0.1, 0.15) is 0 Å². The highest BCUT2D eigenvalue weighted by Crippen LogP contribution is 2.29. The van der Waals surface area contributed by atoms with Gasteiger partial charge in [-0.2, -0.15) is 0 Å². The fourth-order valence-corrected chi connectivity index (χ4v) is 3.87. The van der Waals surface area contributed by atoms with Gasteiger partial charge < -0.3 is 5.32 Å². The average Bonchev–Trinajstić information content (AvgIpc) is 2.57. The van der Waals surface area contributed by atoms with Crippen molar-refractivity contribution in [3.63, 3.8) is 0 Å². The highest BCUT2D eigenvalue weighted by atomic mass is 32.2. The summed E-state index contributed by atoms with van der Waals surface area (Å²) in [6.07, 6.45) is 0. The summed E-state index contributed by atoms with van der Waals surface area (Å²) in [5.74, 6) is 0. The van der Waals surface area contributed by atoms with Gasteiger partial charge in [0.05, 0.1) is 0 Å². The Labute approximate surface area is 144 Å². The number of benzene rings is 2. The zero-order valence-corrected chi connectivity index (χ0v) is 14.9. The third-order valence-corrected chi connectivity index (χ3v) is 5.17. The van der Waals surface area contributed by atoms with E-state index >= 15 is 0 Å². The van der Waals surface area contributed by atoms with Crippen LogP contribution in [0.5, 0.6) is 0 Å². The van der Waals surface area contributed by atoms with Crippen LogP contribution in [-0.2, 0) is 6.54 Å². The van der Waals surface area contributed by atoms with Crippen molar-refractivity contribution in [2.75, 3.05) is 26.2 Å². The third kappa shape index (κ3) is 4.60. The molecule has 0 saturated carbocycles. The summed E-state index contributed by atoms with van der Waals surface area (Å²) < 4.78 is 0. The molecule has 0 amide bonds. The summed E-state index contributed by atoms with van der Waals surface area (Å²) in [5, 5.41) is 4.05. The molecule has 1 aliphatic heterocycles. The molecule has 0 radical (unpaired) electrons. The van der Waals surface area contributed by atoms with E-state index in [-0.39, 0.29) is 0 Å². The Kier molecular flexibility index (Phi) is 5.76. The van der Waals surface area contributed by atoms with Gasteiger partial charge in [0.15, 0.2) is 0 Å². The van der Waals surface area contributed by atoms with Crippen molar-refractivity contribution >= 4 is 11.8 Å². The van der Waals surface area contributed by atoms with Crippen LogP contribution >= 0.6 is 11.8 Å². The van der Waals surface area contributed by atoms with Crippen LogP contribution in [-0.4, -0.2) is 36.3 Å². The minimum absolute atomic E-state index is 0.626. The Hall–Kier alpha value is -1.29. The van der Waals surface area contributed by atoms with Gasteiger partial charge in [0.2, 0.25) is 0 Å². The zero-order valence-electron chi connectivity index (χ0n) is 14.1. The number of rotatable bonds is 5. The van der Waals surface area contributed by atoms with E-state index in [0.29, 0.717) is 5.25 Å². The molecule has 0 spiro atoms. The van der Waals surface area contributed by atoms with Crippen LogP contribution in [0.25, 0.3) is 11.1 Å². The van der Waals surface area contributed by atoms with Crippen molar-refractivity contribution in [2.45, 2.75) is 30.5 Å². The Morgan fingerprint density at radius 1 is 1.00 bits per heavy atom. The lowest BCUT2D eigenvalue weighted by atomic mass is 9.99. The standard InChI is InChI=1S/C20H26N2S/c1-16(2)23-19-9-7-17(8-10-19)20-6-4-3-5-18(20)15-22-13-11-21-12-14-22/h3-10,16,21H,11-15H2,1-2H3. The first-order valence-electron chi connectivity index (χ1n) is 8.50. The molecule has 0 aliphatic carbocycles. The molecule has 0 unspecified atom stereocenters. The van der Waals surface area contributed by atoms with E-state index in [1.54, 1.807) is 0 Å². The van der Waals surface area contributed by atoms with Gasteiger partial charge in [0, 0.05) is 42.9 Å². The second-order valence-electron chi connectivity index (χ2n) is 6.37. The molecule has 122 valence electrons.